The molecule has 2 atom stereocenters. The summed E-state index contributed by atoms with van der Waals surface area (Å²) in [6, 6.07) is 0. The molecule has 0 aromatic carbocycles. The number of aromatic nitrogens is 2. The van der Waals surface area contributed by atoms with Gasteiger partial charge < -0.3 is 10.0 Å². The quantitative estimate of drug-likeness (QED) is 0.656. The monoisotopic (exact) mass is 324 g/mol. The summed E-state index contributed by atoms with van der Waals surface area (Å²) in [4.78, 5) is 24.9. The number of carbonyl (C=O) groups excluding carboxylic acids is 1. The Morgan fingerprint density at radius 3 is 2.70 bits per heavy atom. The number of hydrogen-bond acceptors (Lipinski definition) is 5. The van der Waals surface area contributed by atoms with E-state index in [1.165, 1.54) is 16.5 Å². The molecule has 1 saturated carbocycles. The summed E-state index contributed by atoms with van der Waals surface area (Å²) in [5, 5.41) is 25.4. The van der Waals surface area contributed by atoms with Gasteiger partial charge in [0, 0.05) is 26.1 Å². The van der Waals surface area contributed by atoms with Crippen LogP contribution >= 0.6 is 0 Å². The van der Waals surface area contributed by atoms with Crippen molar-refractivity contribution in [2.75, 3.05) is 13.6 Å². The molecule has 1 fully saturated rings. The molecule has 8 nitrogen and oxygen atoms in total. The minimum Gasteiger partial charge on any atom is -0.393 e. The van der Waals surface area contributed by atoms with Crippen molar-refractivity contribution in [3.8, 4) is 0 Å². The van der Waals surface area contributed by atoms with E-state index in [1.54, 1.807) is 14.0 Å². The van der Waals surface area contributed by atoms with Gasteiger partial charge in [-0.2, -0.15) is 5.10 Å². The molecule has 2 rings (SSSR count). The molecule has 1 amide bonds. The fourth-order valence-corrected chi connectivity index (χ4v) is 3.25. The number of carbonyl (C=O) groups is 1. The Bertz CT molecular complexity index is 599. The molecule has 0 saturated heterocycles. The zero-order valence-electron chi connectivity index (χ0n) is 13.9. The highest BCUT2D eigenvalue weighted by atomic mass is 16.6. The number of hydrogen-bond donors (Lipinski definition) is 1. The van der Waals surface area contributed by atoms with E-state index < -0.39 is 16.9 Å². The Kier molecular flexibility index (Phi) is 5.35. The Balaban J connectivity index is 2.23. The minimum atomic E-state index is -0.551. The van der Waals surface area contributed by atoms with Gasteiger partial charge in [0.1, 0.15) is 5.69 Å². The minimum absolute atomic E-state index is 0.0165. The number of amides is 1. The first kappa shape index (κ1) is 17.4. The third kappa shape index (κ3) is 3.52. The van der Waals surface area contributed by atoms with Crippen LogP contribution in [-0.4, -0.2) is 50.3 Å². The van der Waals surface area contributed by atoms with Gasteiger partial charge >= 0.3 is 5.69 Å². The van der Waals surface area contributed by atoms with Crippen molar-refractivity contribution < 1.29 is 14.8 Å². The third-order valence-electron chi connectivity index (χ3n) is 4.50. The molecule has 8 heteroatoms. The van der Waals surface area contributed by atoms with Crippen LogP contribution in [0.4, 0.5) is 5.69 Å². The zero-order valence-corrected chi connectivity index (χ0v) is 13.9. The van der Waals surface area contributed by atoms with E-state index >= 15 is 0 Å². The van der Waals surface area contributed by atoms with Gasteiger partial charge in [-0.1, -0.05) is 12.8 Å². The molecule has 128 valence electrons. The van der Waals surface area contributed by atoms with Crippen molar-refractivity contribution in [1.29, 1.82) is 0 Å². The number of aliphatic hydroxyl groups excluding tert-OH is 1. The van der Waals surface area contributed by atoms with E-state index in [2.05, 4.69) is 5.10 Å². The second kappa shape index (κ2) is 7.08. The first-order valence-corrected chi connectivity index (χ1v) is 8.02. The fourth-order valence-electron chi connectivity index (χ4n) is 3.25. The summed E-state index contributed by atoms with van der Waals surface area (Å²) in [6.45, 7) is 4.10. The lowest BCUT2D eigenvalue weighted by molar-refractivity contribution is -0.385. The van der Waals surface area contributed by atoms with Crippen molar-refractivity contribution in [1.82, 2.24) is 14.7 Å². The Morgan fingerprint density at radius 1 is 1.48 bits per heavy atom. The highest BCUT2D eigenvalue weighted by molar-refractivity contribution is 5.96. The van der Waals surface area contributed by atoms with Gasteiger partial charge in [0.05, 0.1) is 11.0 Å². The Hall–Kier alpha value is -1.96. The van der Waals surface area contributed by atoms with Crippen molar-refractivity contribution in [2.24, 2.45) is 5.92 Å². The largest absolute Gasteiger partial charge is 0.393 e. The number of aliphatic hydroxyl groups is 1. The highest BCUT2D eigenvalue weighted by Gasteiger charge is 2.33. The van der Waals surface area contributed by atoms with Crippen LogP contribution in [0.3, 0.4) is 0 Å². The van der Waals surface area contributed by atoms with Crippen LogP contribution in [0, 0.1) is 23.0 Å². The molecule has 23 heavy (non-hydrogen) atoms. The van der Waals surface area contributed by atoms with Gasteiger partial charge in [-0.25, -0.2) is 0 Å². The highest BCUT2D eigenvalue weighted by Crippen LogP contribution is 2.27. The van der Waals surface area contributed by atoms with E-state index in [-0.39, 0.29) is 23.0 Å². The van der Waals surface area contributed by atoms with Crippen LogP contribution in [-0.2, 0) is 6.54 Å². The van der Waals surface area contributed by atoms with E-state index in [0.717, 1.165) is 25.7 Å². The van der Waals surface area contributed by atoms with Gasteiger partial charge in [0.25, 0.3) is 5.91 Å². The first-order valence-electron chi connectivity index (χ1n) is 8.02. The molecular formula is C15H24N4O4. The summed E-state index contributed by atoms with van der Waals surface area (Å²) in [6.07, 6.45) is 3.25. The van der Waals surface area contributed by atoms with Crippen LogP contribution in [0.2, 0.25) is 0 Å². The first-order chi connectivity index (χ1) is 10.9. The van der Waals surface area contributed by atoms with E-state index in [4.69, 9.17) is 0 Å². The SMILES string of the molecule is CCn1nc(C)c([N+](=O)[O-])c1C(=O)N(C)CC1CCCCC1O. The van der Waals surface area contributed by atoms with Crippen LogP contribution < -0.4 is 0 Å². The summed E-state index contributed by atoms with van der Waals surface area (Å²) in [5.74, 6) is -0.396. The molecule has 0 spiro atoms. The van der Waals surface area contributed by atoms with Crippen LogP contribution in [0.25, 0.3) is 0 Å². The smallest absolute Gasteiger partial charge is 0.322 e. The molecule has 1 heterocycles. The topological polar surface area (TPSA) is 102 Å². The van der Waals surface area contributed by atoms with Crippen LogP contribution in [0.5, 0.6) is 0 Å². The number of aryl methyl sites for hydroxylation is 2. The molecule has 1 aromatic rings. The molecule has 0 aliphatic heterocycles. The average Bonchev–Trinajstić information content (AvgIpc) is 2.85. The van der Waals surface area contributed by atoms with Gasteiger partial charge in [-0.05, 0) is 26.7 Å². The fraction of sp³-hybridized carbons (Fsp3) is 0.733. The molecule has 1 N–H and O–H groups in total. The summed E-state index contributed by atoms with van der Waals surface area (Å²) in [5.41, 5.74) is 0.0296. The maximum atomic E-state index is 12.7. The summed E-state index contributed by atoms with van der Waals surface area (Å²) < 4.78 is 1.38. The molecular weight excluding hydrogens is 300 g/mol. The third-order valence-corrected chi connectivity index (χ3v) is 4.50. The maximum absolute atomic E-state index is 12.7. The molecule has 0 radical (unpaired) electrons. The van der Waals surface area contributed by atoms with E-state index in [1.807, 2.05) is 0 Å². The van der Waals surface area contributed by atoms with Crippen molar-refractivity contribution in [2.45, 2.75) is 52.2 Å². The maximum Gasteiger partial charge on any atom is 0.322 e. The lowest BCUT2D eigenvalue weighted by atomic mass is 9.86. The molecule has 0 bridgehead atoms. The predicted octanol–water partition coefficient (Wildman–Crippen LogP) is 1.74. The standard InChI is InChI=1S/C15H24N4O4/c1-4-18-14(13(19(22)23)10(2)16-18)15(21)17(3)9-11-7-5-6-8-12(11)20/h11-12,20H,4-9H2,1-3H3. The van der Waals surface area contributed by atoms with Crippen LogP contribution in [0.15, 0.2) is 0 Å². The van der Waals surface area contributed by atoms with Gasteiger partial charge in [-0.3, -0.25) is 19.6 Å². The molecule has 2 unspecified atom stereocenters. The summed E-state index contributed by atoms with van der Waals surface area (Å²) in [7, 11) is 1.62. The van der Waals surface area contributed by atoms with Crippen molar-refractivity contribution in [3.63, 3.8) is 0 Å². The lowest BCUT2D eigenvalue weighted by Crippen LogP contribution is -2.39. The van der Waals surface area contributed by atoms with Gasteiger partial charge in [-0.15, -0.1) is 0 Å². The second-order valence-electron chi connectivity index (χ2n) is 6.15. The van der Waals surface area contributed by atoms with E-state index in [0.29, 0.717) is 13.1 Å². The average molecular weight is 324 g/mol. The van der Waals surface area contributed by atoms with Gasteiger partial charge in [0.15, 0.2) is 0 Å². The van der Waals surface area contributed by atoms with Crippen molar-refractivity contribution >= 4 is 11.6 Å². The van der Waals surface area contributed by atoms with Crippen LogP contribution in [0.1, 0.15) is 48.8 Å². The molecule has 1 aromatic heterocycles. The predicted molar refractivity (Wildman–Crippen MR) is 84.2 cm³/mol. The Labute approximate surface area is 135 Å². The Morgan fingerprint density at radius 2 is 2.13 bits per heavy atom. The number of nitrogens with zero attached hydrogens (tertiary/aromatic N) is 4. The zero-order chi connectivity index (χ0) is 17.1. The normalized spacial score (nSPS) is 21.2. The second-order valence-corrected chi connectivity index (χ2v) is 6.15. The molecule has 1 aliphatic carbocycles. The lowest BCUT2D eigenvalue weighted by Gasteiger charge is -2.31. The van der Waals surface area contributed by atoms with E-state index in [9.17, 15) is 20.0 Å². The number of rotatable bonds is 5. The molecule has 1 aliphatic rings. The number of nitro groups is 1. The van der Waals surface area contributed by atoms with Gasteiger partial charge in [0.2, 0.25) is 5.69 Å². The van der Waals surface area contributed by atoms with Crippen molar-refractivity contribution in [3.05, 3.63) is 21.5 Å². The summed E-state index contributed by atoms with van der Waals surface area (Å²) >= 11 is 0.